The van der Waals surface area contributed by atoms with Gasteiger partial charge in [-0.15, -0.1) is 5.10 Å². The van der Waals surface area contributed by atoms with Gasteiger partial charge in [0.2, 0.25) is 0 Å². The molecule has 3 unspecified atom stereocenters. The van der Waals surface area contributed by atoms with Crippen LogP contribution in [0.25, 0.3) is 28.1 Å². The standard InChI is InChI=1S/C28H21ClN8O/c1-14-6-17-7-15(2-4-22(17)32-14)23-12-30-28(33-23)27-21-11-20(21)25-8-16(9-26(38)37(25)27)19-10-18(29)3-5-24(19)36-13-31-34-35-36/h2-5,7-10,12-13,20-21,27,32H,1,6,11H2,(H,30,33). The number of nitrogens with one attached hydrogen (secondary N) is 2. The first-order valence-electron chi connectivity index (χ1n) is 12.5. The van der Waals surface area contributed by atoms with Crippen molar-refractivity contribution in [2.24, 2.45) is 5.92 Å². The van der Waals surface area contributed by atoms with Gasteiger partial charge in [-0.2, -0.15) is 4.68 Å². The van der Waals surface area contributed by atoms with Gasteiger partial charge in [-0.05, 0) is 75.9 Å². The maximum Gasteiger partial charge on any atom is 0.252 e. The molecule has 3 aromatic heterocycles. The number of pyridine rings is 1. The first kappa shape index (κ1) is 21.6. The highest BCUT2D eigenvalue weighted by Gasteiger charge is 2.54. The topological polar surface area (TPSA) is 106 Å². The van der Waals surface area contributed by atoms with Crippen molar-refractivity contribution >= 4 is 17.3 Å². The molecule has 2 aliphatic heterocycles. The van der Waals surface area contributed by atoms with Gasteiger partial charge in [-0.3, -0.25) is 4.79 Å². The van der Waals surface area contributed by atoms with Crippen LogP contribution in [0.1, 0.15) is 35.5 Å². The Morgan fingerprint density at radius 2 is 2.00 bits per heavy atom. The van der Waals surface area contributed by atoms with Gasteiger partial charge in [0.25, 0.3) is 5.56 Å². The average molecular weight is 521 g/mol. The Hall–Kier alpha value is -4.50. The van der Waals surface area contributed by atoms with E-state index in [1.165, 1.54) is 11.9 Å². The summed E-state index contributed by atoms with van der Waals surface area (Å²) in [6, 6.07) is 15.5. The molecular weight excluding hydrogens is 500 g/mol. The summed E-state index contributed by atoms with van der Waals surface area (Å²) in [4.78, 5) is 21.9. The van der Waals surface area contributed by atoms with Crippen molar-refractivity contribution in [3.05, 3.63) is 106 Å². The highest BCUT2D eigenvalue weighted by atomic mass is 35.5. The lowest BCUT2D eigenvalue weighted by Gasteiger charge is -2.18. The van der Waals surface area contributed by atoms with Crippen LogP contribution in [0.3, 0.4) is 0 Å². The van der Waals surface area contributed by atoms with Gasteiger partial charge in [0.15, 0.2) is 0 Å². The van der Waals surface area contributed by atoms with Gasteiger partial charge in [0.1, 0.15) is 12.2 Å². The first-order valence-corrected chi connectivity index (χ1v) is 12.8. The minimum Gasteiger partial charge on any atom is -0.359 e. The molecule has 9 nitrogen and oxygen atoms in total. The number of hydrogen-bond acceptors (Lipinski definition) is 6. The molecule has 186 valence electrons. The fraction of sp³-hybridized carbons (Fsp3) is 0.179. The molecule has 0 radical (unpaired) electrons. The zero-order valence-corrected chi connectivity index (χ0v) is 20.9. The summed E-state index contributed by atoms with van der Waals surface area (Å²) in [6.45, 7) is 4.04. The maximum absolute atomic E-state index is 13.6. The summed E-state index contributed by atoms with van der Waals surface area (Å²) < 4.78 is 3.48. The van der Waals surface area contributed by atoms with E-state index < -0.39 is 0 Å². The third-order valence-electron chi connectivity index (χ3n) is 7.87. The van der Waals surface area contributed by atoms with E-state index in [1.807, 2.05) is 22.9 Å². The first-order chi connectivity index (χ1) is 18.5. The van der Waals surface area contributed by atoms with E-state index in [9.17, 15) is 4.79 Å². The highest BCUT2D eigenvalue weighted by Crippen LogP contribution is 2.60. The largest absolute Gasteiger partial charge is 0.359 e. The number of aromatic amines is 1. The molecule has 10 heteroatoms. The second-order valence-electron chi connectivity index (χ2n) is 10.2. The van der Waals surface area contributed by atoms with Crippen molar-refractivity contribution in [3.63, 3.8) is 0 Å². The van der Waals surface area contributed by atoms with Gasteiger partial charge in [-0.1, -0.05) is 24.2 Å². The fourth-order valence-electron chi connectivity index (χ4n) is 6.10. The molecule has 8 rings (SSSR count). The van der Waals surface area contributed by atoms with Gasteiger partial charge in [0, 0.05) is 46.1 Å². The summed E-state index contributed by atoms with van der Waals surface area (Å²) in [6.07, 6.45) is 5.25. The summed E-state index contributed by atoms with van der Waals surface area (Å²) in [5, 5.41) is 15.4. The zero-order chi connectivity index (χ0) is 25.5. The number of hydrogen-bond donors (Lipinski definition) is 2. The Bertz CT molecular complexity index is 1840. The molecule has 0 spiro atoms. The molecular formula is C28H21ClN8O. The summed E-state index contributed by atoms with van der Waals surface area (Å²) in [7, 11) is 0. The quantitative estimate of drug-likeness (QED) is 0.355. The second-order valence-corrected chi connectivity index (χ2v) is 10.6. The third kappa shape index (κ3) is 3.21. The molecule has 1 saturated carbocycles. The van der Waals surface area contributed by atoms with Gasteiger partial charge in [-0.25, -0.2) is 4.98 Å². The molecule has 3 atom stereocenters. The summed E-state index contributed by atoms with van der Waals surface area (Å²) in [5.74, 6) is 1.50. The van der Waals surface area contributed by atoms with Gasteiger partial charge in [0.05, 0.1) is 23.6 Å². The number of tetrazole rings is 1. The second kappa shape index (κ2) is 7.75. The van der Waals surface area contributed by atoms with Crippen molar-refractivity contribution < 1.29 is 0 Å². The number of imidazole rings is 1. The van der Waals surface area contributed by atoms with Crippen molar-refractivity contribution in [1.29, 1.82) is 0 Å². The number of rotatable bonds is 4. The Morgan fingerprint density at radius 3 is 2.87 bits per heavy atom. The molecule has 2 aromatic carbocycles. The van der Waals surface area contributed by atoms with Crippen LogP contribution in [-0.2, 0) is 6.42 Å². The van der Waals surface area contributed by atoms with E-state index in [1.54, 1.807) is 16.8 Å². The molecule has 1 fully saturated rings. The fourth-order valence-corrected chi connectivity index (χ4v) is 6.27. The lowest BCUT2D eigenvalue weighted by Crippen LogP contribution is -2.26. The third-order valence-corrected chi connectivity index (χ3v) is 8.11. The van der Waals surface area contributed by atoms with Crippen LogP contribution in [0.2, 0.25) is 5.02 Å². The maximum atomic E-state index is 13.6. The Morgan fingerprint density at radius 1 is 1.08 bits per heavy atom. The number of H-pyrrole nitrogens is 1. The van der Waals surface area contributed by atoms with Crippen molar-refractivity contribution in [1.82, 2.24) is 34.7 Å². The molecule has 0 amide bonds. The van der Waals surface area contributed by atoms with Gasteiger partial charge < -0.3 is 14.9 Å². The molecule has 38 heavy (non-hydrogen) atoms. The van der Waals surface area contributed by atoms with Crippen LogP contribution >= 0.6 is 11.6 Å². The SMILES string of the molecule is C=C1Cc2cc(-c3cnc(C4C5CC5c5cc(-c6cc(Cl)ccc6-n6cnnn6)cc(=O)n54)[nH]3)ccc2N1. The van der Waals surface area contributed by atoms with E-state index in [-0.39, 0.29) is 11.6 Å². The number of nitrogens with zero attached hydrogens (tertiary/aromatic N) is 6. The number of allylic oxidation sites excluding steroid dienone is 1. The van der Waals surface area contributed by atoms with Crippen LogP contribution in [0.5, 0.6) is 0 Å². The Labute approximate surface area is 221 Å². The number of benzene rings is 2. The average Bonchev–Trinajstić information content (AvgIpc) is 3.34. The van der Waals surface area contributed by atoms with Crippen LogP contribution in [-0.4, -0.2) is 34.7 Å². The molecule has 3 aliphatic rings. The minimum atomic E-state index is -0.112. The van der Waals surface area contributed by atoms with Crippen molar-refractivity contribution in [3.8, 4) is 28.1 Å². The van der Waals surface area contributed by atoms with Crippen molar-refractivity contribution in [2.75, 3.05) is 5.32 Å². The van der Waals surface area contributed by atoms with E-state index in [4.69, 9.17) is 16.6 Å². The Kier molecular flexibility index (Phi) is 4.40. The van der Waals surface area contributed by atoms with Crippen LogP contribution in [0.15, 0.2) is 78.1 Å². The Balaban J connectivity index is 1.18. The predicted octanol–water partition coefficient (Wildman–Crippen LogP) is 4.72. The minimum absolute atomic E-state index is 0.0580. The normalized spacial score (nSPS) is 20.7. The number of halogens is 1. The molecule has 5 aromatic rings. The van der Waals surface area contributed by atoms with Crippen LogP contribution in [0.4, 0.5) is 5.69 Å². The van der Waals surface area contributed by atoms with Crippen LogP contribution < -0.4 is 10.9 Å². The van der Waals surface area contributed by atoms with Gasteiger partial charge >= 0.3 is 0 Å². The molecule has 2 N–H and O–H groups in total. The summed E-state index contributed by atoms with van der Waals surface area (Å²) >= 11 is 6.35. The summed E-state index contributed by atoms with van der Waals surface area (Å²) in [5.41, 5.74) is 8.69. The van der Waals surface area contributed by atoms with E-state index in [2.05, 4.69) is 56.7 Å². The molecule has 5 heterocycles. The zero-order valence-electron chi connectivity index (χ0n) is 20.1. The number of aromatic nitrogens is 7. The highest BCUT2D eigenvalue weighted by molar-refractivity contribution is 6.31. The van der Waals surface area contributed by atoms with E-state index in [0.717, 1.165) is 63.8 Å². The lowest BCUT2D eigenvalue weighted by molar-refractivity contribution is 0.515. The predicted molar refractivity (Wildman–Crippen MR) is 143 cm³/mol. The van der Waals surface area contributed by atoms with E-state index >= 15 is 0 Å². The molecule has 1 aliphatic carbocycles. The molecule has 0 bridgehead atoms. The smallest absolute Gasteiger partial charge is 0.252 e. The monoisotopic (exact) mass is 520 g/mol. The number of fused-ring (bicyclic) bond motifs is 4. The van der Waals surface area contributed by atoms with E-state index in [0.29, 0.717) is 16.9 Å². The van der Waals surface area contributed by atoms with Crippen LogP contribution in [0, 0.1) is 5.92 Å². The van der Waals surface area contributed by atoms with Crippen molar-refractivity contribution in [2.45, 2.75) is 24.8 Å². The lowest BCUT2D eigenvalue weighted by atomic mass is 10.0. The molecule has 0 saturated heterocycles. The number of anilines is 1.